The third-order valence-corrected chi connectivity index (χ3v) is 4.80. The van der Waals surface area contributed by atoms with E-state index < -0.39 is 0 Å². The Kier molecular flexibility index (Phi) is 6.12. The molecule has 2 aromatic carbocycles. The van der Waals surface area contributed by atoms with Gasteiger partial charge in [-0.3, -0.25) is 4.79 Å². The lowest BCUT2D eigenvalue weighted by molar-refractivity contribution is 0.0923. The van der Waals surface area contributed by atoms with Gasteiger partial charge in [0.1, 0.15) is 11.5 Å². The highest BCUT2D eigenvalue weighted by Gasteiger charge is 2.23. The van der Waals surface area contributed by atoms with Gasteiger partial charge in [-0.1, -0.05) is 30.3 Å². The Hall–Kier alpha value is -2.53. The number of hydrogen-bond donors (Lipinski definition) is 1. The number of carbonyl (C=O) groups is 1. The van der Waals surface area contributed by atoms with Gasteiger partial charge < -0.3 is 19.7 Å². The Morgan fingerprint density at radius 1 is 1.08 bits per heavy atom. The van der Waals surface area contributed by atoms with Crippen molar-refractivity contribution in [2.24, 2.45) is 0 Å². The molecule has 1 unspecified atom stereocenters. The van der Waals surface area contributed by atoms with Gasteiger partial charge >= 0.3 is 0 Å². The van der Waals surface area contributed by atoms with Crippen molar-refractivity contribution in [2.75, 3.05) is 33.9 Å². The summed E-state index contributed by atoms with van der Waals surface area (Å²) in [6, 6.07) is 15.3. The molecule has 138 valence electrons. The molecule has 1 aliphatic heterocycles. The molecule has 1 N–H and O–H groups in total. The third kappa shape index (κ3) is 4.35. The predicted octanol–water partition coefficient (Wildman–Crippen LogP) is 3.27. The lowest BCUT2D eigenvalue weighted by atomic mass is 10.1. The van der Waals surface area contributed by atoms with Crippen LogP contribution in [-0.4, -0.2) is 44.7 Å². The maximum Gasteiger partial charge on any atom is 0.255 e. The predicted molar refractivity (Wildman–Crippen MR) is 102 cm³/mol. The van der Waals surface area contributed by atoms with E-state index in [1.807, 2.05) is 18.2 Å². The minimum absolute atomic E-state index is 0.0716. The molecule has 0 saturated carbocycles. The highest BCUT2D eigenvalue weighted by Crippen LogP contribution is 2.25. The number of nitrogens with zero attached hydrogens (tertiary/aromatic N) is 1. The zero-order chi connectivity index (χ0) is 18.4. The van der Waals surface area contributed by atoms with E-state index in [1.165, 1.54) is 12.8 Å². The molecule has 2 aromatic rings. The second kappa shape index (κ2) is 8.72. The zero-order valence-corrected chi connectivity index (χ0v) is 15.4. The van der Waals surface area contributed by atoms with Crippen LogP contribution in [0.5, 0.6) is 11.5 Å². The van der Waals surface area contributed by atoms with E-state index in [0.717, 1.165) is 25.2 Å². The molecule has 0 bridgehead atoms. The first-order chi connectivity index (χ1) is 12.7. The number of carbonyl (C=O) groups excluding carboxylic acids is 1. The van der Waals surface area contributed by atoms with Crippen LogP contribution in [0.25, 0.3) is 0 Å². The molecule has 1 saturated heterocycles. The van der Waals surface area contributed by atoms with Crippen molar-refractivity contribution in [3.8, 4) is 11.5 Å². The van der Waals surface area contributed by atoms with Gasteiger partial charge in [0.2, 0.25) is 0 Å². The zero-order valence-electron chi connectivity index (χ0n) is 15.4. The van der Waals surface area contributed by atoms with Crippen molar-refractivity contribution in [1.29, 1.82) is 0 Å². The van der Waals surface area contributed by atoms with Gasteiger partial charge in [0.05, 0.1) is 25.8 Å². The Morgan fingerprint density at radius 2 is 1.81 bits per heavy atom. The van der Waals surface area contributed by atoms with Gasteiger partial charge in [-0.05, 0) is 49.7 Å². The summed E-state index contributed by atoms with van der Waals surface area (Å²) in [6.07, 6.45) is 2.44. The first-order valence-corrected chi connectivity index (χ1v) is 9.01. The Labute approximate surface area is 154 Å². The summed E-state index contributed by atoms with van der Waals surface area (Å²) in [7, 11) is 3.15. The van der Waals surface area contributed by atoms with Crippen molar-refractivity contribution in [1.82, 2.24) is 10.2 Å². The van der Waals surface area contributed by atoms with E-state index in [-0.39, 0.29) is 11.9 Å². The van der Waals surface area contributed by atoms with Crippen molar-refractivity contribution in [3.05, 3.63) is 59.7 Å². The van der Waals surface area contributed by atoms with Gasteiger partial charge in [0.15, 0.2) is 0 Å². The lowest BCUT2D eigenvalue weighted by Gasteiger charge is -2.25. The standard InChI is InChI=1S/C21H26N2O3/c1-25-17-10-11-20(26-2)18(14-17)21(24)22-19(15-23-12-6-7-13-23)16-8-4-3-5-9-16/h3-5,8-11,14,19H,6-7,12-13,15H2,1-2H3,(H,22,24). The Bertz CT molecular complexity index is 727. The maximum absolute atomic E-state index is 13.0. The number of ether oxygens (including phenoxy) is 2. The van der Waals surface area contributed by atoms with Crippen LogP contribution in [0.4, 0.5) is 0 Å². The van der Waals surface area contributed by atoms with Crippen LogP contribution in [0, 0.1) is 0 Å². The summed E-state index contributed by atoms with van der Waals surface area (Å²) < 4.78 is 10.6. The molecule has 5 heteroatoms. The third-order valence-electron chi connectivity index (χ3n) is 4.80. The minimum Gasteiger partial charge on any atom is -0.497 e. The number of likely N-dealkylation sites (tertiary alicyclic amines) is 1. The monoisotopic (exact) mass is 354 g/mol. The van der Waals surface area contributed by atoms with E-state index >= 15 is 0 Å². The molecular formula is C21H26N2O3. The number of amides is 1. The molecular weight excluding hydrogens is 328 g/mol. The van der Waals surface area contributed by atoms with Gasteiger partial charge in [0, 0.05) is 6.54 Å². The fraction of sp³-hybridized carbons (Fsp3) is 0.381. The van der Waals surface area contributed by atoms with Gasteiger partial charge in [0.25, 0.3) is 5.91 Å². The quantitative estimate of drug-likeness (QED) is 0.829. The van der Waals surface area contributed by atoms with Crippen LogP contribution in [0.2, 0.25) is 0 Å². The van der Waals surface area contributed by atoms with Crippen molar-refractivity contribution >= 4 is 5.91 Å². The van der Waals surface area contributed by atoms with E-state index in [1.54, 1.807) is 32.4 Å². The van der Waals surface area contributed by atoms with E-state index in [0.29, 0.717) is 17.1 Å². The number of methoxy groups -OCH3 is 2. The summed E-state index contributed by atoms with van der Waals surface area (Å²) in [5.41, 5.74) is 1.59. The molecule has 0 aromatic heterocycles. The fourth-order valence-corrected chi connectivity index (χ4v) is 3.37. The molecule has 1 atom stereocenters. The van der Waals surface area contributed by atoms with Gasteiger partial charge in [-0.25, -0.2) is 0 Å². The van der Waals surface area contributed by atoms with Crippen molar-refractivity contribution < 1.29 is 14.3 Å². The highest BCUT2D eigenvalue weighted by atomic mass is 16.5. The molecule has 1 heterocycles. The van der Waals surface area contributed by atoms with Crippen molar-refractivity contribution in [2.45, 2.75) is 18.9 Å². The maximum atomic E-state index is 13.0. The molecule has 1 aliphatic rings. The SMILES string of the molecule is COc1ccc(OC)c(C(=O)NC(CN2CCCC2)c2ccccc2)c1. The molecule has 5 nitrogen and oxygen atoms in total. The van der Waals surface area contributed by atoms with Crippen molar-refractivity contribution in [3.63, 3.8) is 0 Å². The summed E-state index contributed by atoms with van der Waals surface area (Å²) in [6.45, 7) is 2.98. The Balaban J connectivity index is 1.82. The Morgan fingerprint density at radius 3 is 2.46 bits per heavy atom. The lowest BCUT2D eigenvalue weighted by Crippen LogP contribution is -2.37. The van der Waals surface area contributed by atoms with E-state index in [9.17, 15) is 4.79 Å². The topological polar surface area (TPSA) is 50.8 Å². The number of rotatable bonds is 7. The molecule has 26 heavy (non-hydrogen) atoms. The fourth-order valence-electron chi connectivity index (χ4n) is 3.37. The van der Waals surface area contributed by atoms with Crippen LogP contribution in [0.1, 0.15) is 34.8 Å². The van der Waals surface area contributed by atoms with E-state index in [2.05, 4.69) is 22.3 Å². The van der Waals surface area contributed by atoms with Crippen LogP contribution in [0.3, 0.4) is 0 Å². The molecule has 1 fully saturated rings. The van der Waals surface area contributed by atoms with Gasteiger partial charge in [-0.15, -0.1) is 0 Å². The number of benzene rings is 2. The molecule has 0 radical (unpaired) electrons. The number of nitrogens with one attached hydrogen (secondary N) is 1. The smallest absolute Gasteiger partial charge is 0.255 e. The molecule has 3 rings (SSSR count). The summed E-state index contributed by atoms with van der Waals surface area (Å²) in [4.78, 5) is 15.4. The molecule has 0 aliphatic carbocycles. The van der Waals surface area contributed by atoms with Crippen LogP contribution >= 0.6 is 0 Å². The van der Waals surface area contributed by atoms with Crippen LogP contribution in [0.15, 0.2) is 48.5 Å². The van der Waals surface area contributed by atoms with E-state index in [4.69, 9.17) is 9.47 Å². The van der Waals surface area contributed by atoms with Crippen LogP contribution < -0.4 is 14.8 Å². The molecule has 1 amide bonds. The normalized spacial score (nSPS) is 15.5. The molecule has 0 spiro atoms. The highest BCUT2D eigenvalue weighted by molar-refractivity contribution is 5.97. The average molecular weight is 354 g/mol. The second-order valence-electron chi connectivity index (χ2n) is 6.51. The first kappa shape index (κ1) is 18.3. The summed E-state index contributed by atoms with van der Waals surface area (Å²) in [5, 5.41) is 3.19. The second-order valence-corrected chi connectivity index (χ2v) is 6.51. The number of hydrogen-bond acceptors (Lipinski definition) is 4. The average Bonchev–Trinajstić information content (AvgIpc) is 3.20. The summed E-state index contributed by atoms with van der Waals surface area (Å²) >= 11 is 0. The summed E-state index contributed by atoms with van der Waals surface area (Å²) in [5.74, 6) is 1.01. The first-order valence-electron chi connectivity index (χ1n) is 9.01. The largest absolute Gasteiger partial charge is 0.497 e. The van der Waals surface area contributed by atoms with Crippen LogP contribution in [-0.2, 0) is 0 Å². The van der Waals surface area contributed by atoms with Gasteiger partial charge in [-0.2, -0.15) is 0 Å². The minimum atomic E-state index is -0.159.